The molecule has 0 fully saturated rings. The molecule has 0 atom stereocenters. The average molecular weight is 275 g/mol. The van der Waals surface area contributed by atoms with Crippen molar-refractivity contribution in [2.24, 2.45) is 0 Å². The molecule has 1 heterocycles. The van der Waals surface area contributed by atoms with Crippen LogP contribution in [0, 0.1) is 5.82 Å². The van der Waals surface area contributed by atoms with Crippen LogP contribution in [0.15, 0.2) is 29.9 Å². The van der Waals surface area contributed by atoms with Crippen LogP contribution in [-0.2, 0) is 6.18 Å². The summed E-state index contributed by atoms with van der Waals surface area (Å²) in [5, 5.41) is 0. The van der Waals surface area contributed by atoms with Crippen LogP contribution < -0.4 is 0 Å². The second kappa shape index (κ2) is 4.49. The molecule has 2 aromatic rings. The van der Waals surface area contributed by atoms with Gasteiger partial charge >= 0.3 is 6.18 Å². The lowest BCUT2D eigenvalue weighted by Gasteiger charge is -2.08. The van der Waals surface area contributed by atoms with Crippen LogP contribution in [0.25, 0.3) is 0 Å². The number of thiazole rings is 1. The Bertz CT molecular complexity index is 577. The molecule has 0 aliphatic rings. The molecule has 0 spiro atoms. The highest BCUT2D eigenvalue weighted by Gasteiger charge is 2.34. The number of carbonyl (C=O) groups excluding carboxylic acids is 1. The van der Waals surface area contributed by atoms with E-state index in [9.17, 15) is 22.4 Å². The molecule has 94 valence electrons. The Hall–Kier alpha value is -1.76. The van der Waals surface area contributed by atoms with Crippen LogP contribution in [0.4, 0.5) is 17.6 Å². The molecule has 0 aliphatic heterocycles. The van der Waals surface area contributed by atoms with Gasteiger partial charge in [0.1, 0.15) is 5.82 Å². The third-order valence-electron chi connectivity index (χ3n) is 2.19. The highest BCUT2D eigenvalue weighted by Crippen LogP contribution is 2.31. The second-order valence-electron chi connectivity index (χ2n) is 3.39. The first-order valence-electron chi connectivity index (χ1n) is 4.69. The molecule has 2 rings (SSSR count). The van der Waals surface area contributed by atoms with E-state index in [1.165, 1.54) is 11.7 Å². The van der Waals surface area contributed by atoms with Gasteiger partial charge in [0.2, 0.25) is 5.78 Å². The zero-order valence-electron chi connectivity index (χ0n) is 8.66. The number of hydrogen-bond donors (Lipinski definition) is 0. The van der Waals surface area contributed by atoms with E-state index >= 15 is 0 Å². The largest absolute Gasteiger partial charge is 0.419 e. The lowest BCUT2D eigenvalue weighted by molar-refractivity contribution is -0.140. The molecule has 0 saturated heterocycles. The van der Waals surface area contributed by atoms with Gasteiger partial charge in [0.05, 0.1) is 16.0 Å². The summed E-state index contributed by atoms with van der Waals surface area (Å²) >= 11 is 1.04. The van der Waals surface area contributed by atoms with Crippen LogP contribution >= 0.6 is 11.3 Å². The van der Waals surface area contributed by atoms with Gasteiger partial charge in [0, 0.05) is 11.8 Å². The number of carbonyl (C=O) groups is 1. The molecule has 0 amide bonds. The predicted molar refractivity (Wildman–Crippen MR) is 56.9 cm³/mol. The Morgan fingerprint density at radius 2 is 2.00 bits per heavy atom. The van der Waals surface area contributed by atoms with Crippen LogP contribution in [0.1, 0.15) is 20.8 Å². The van der Waals surface area contributed by atoms with E-state index in [-0.39, 0.29) is 10.4 Å². The Balaban J connectivity index is 2.38. The number of rotatable bonds is 2. The molecular formula is C11H5F4NOS. The monoisotopic (exact) mass is 275 g/mol. The van der Waals surface area contributed by atoms with Crippen LogP contribution in [0.5, 0.6) is 0 Å². The smallest absolute Gasteiger partial charge is 0.288 e. The number of halogens is 4. The summed E-state index contributed by atoms with van der Waals surface area (Å²) in [5.74, 6) is -2.01. The minimum absolute atomic E-state index is 0.134. The van der Waals surface area contributed by atoms with E-state index in [4.69, 9.17) is 0 Å². The summed E-state index contributed by atoms with van der Waals surface area (Å²) in [6.07, 6.45) is -3.49. The van der Waals surface area contributed by atoms with Crippen molar-refractivity contribution >= 4 is 17.1 Å². The van der Waals surface area contributed by atoms with Crippen LogP contribution in [0.3, 0.4) is 0 Å². The Morgan fingerprint density at radius 1 is 1.28 bits per heavy atom. The van der Waals surface area contributed by atoms with Gasteiger partial charge in [-0.2, -0.15) is 13.2 Å². The van der Waals surface area contributed by atoms with Gasteiger partial charge < -0.3 is 0 Å². The number of nitrogens with zero attached hydrogens (tertiary/aromatic N) is 1. The summed E-state index contributed by atoms with van der Waals surface area (Å²) in [5.41, 5.74) is -0.110. The lowest BCUT2D eigenvalue weighted by Crippen LogP contribution is -2.09. The maximum atomic E-state index is 13.3. The highest BCUT2D eigenvalue weighted by molar-refractivity contribution is 7.11. The van der Waals surface area contributed by atoms with Crippen molar-refractivity contribution in [1.82, 2.24) is 4.98 Å². The fraction of sp³-hybridized carbons (Fsp3) is 0.0909. The fourth-order valence-corrected chi connectivity index (χ4v) is 1.94. The van der Waals surface area contributed by atoms with Crippen LogP contribution in [0.2, 0.25) is 0 Å². The summed E-state index contributed by atoms with van der Waals surface area (Å²) in [7, 11) is 0. The van der Waals surface area contributed by atoms with E-state index in [2.05, 4.69) is 4.98 Å². The van der Waals surface area contributed by atoms with E-state index < -0.39 is 23.3 Å². The van der Waals surface area contributed by atoms with E-state index in [0.29, 0.717) is 12.1 Å². The number of alkyl halides is 3. The van der Waals surface area contributed by atoms with Gasteiger partial charge in [0.15, 0.2) is 0 Å². The number of hydrogen-bond acceptors (Lipinski definition) is 3. The van der Waals surface area contributed by atoms with Gasteiger partial charge in [-0.05, 0) is 12.1 Å². The van der Waals surface area contributed by atoms with Gasteiger partial charge in [-0.3, -0.25) is 9.78 Å². The van der Waals surface area contributed by atoms with E-state index in [0.717, 1.165) is 17.4 Å². The number of benzene rings is 1. The molecule has 0 unspecified atom stereocenters. The van der Waals surface area contributed by atoms with Crippen molar-refractivity contribution in [1.29, 1.82) is 0 Å². The molecule has 18 heavy (non-hydrogen) atoms. The minimum Gasteiger partial charge on any atom is -0.288 e. The quantitative estimate of drug-likeness (QED) is 0.620. The highest BCUT2D eigenvalue weighted by atomic mass is 32.1. The zero-order valence-corrected chi connectivity index (χ0v) is 9.48. The van der Waals surface area contributed by atoms with Gasteiger partial charge in [-0.1, -0.05) is 6.07 Å². The van der Waals surface area contributed by atoms with Gasteiger partial charge in [-0.15, -0.1) is 11.3 Å². The Kier molecular flexibility index (Phi) is 3.16. The average Bonchev–Trinajstić information content (AvgIpc) is 2.79. The lowest BCUT2D eigenvalue weighted by atomic mass is 10.1. The molecular weight excluding hydrogens is 270 g/mol. The maximum Gasteiger partial charge on any atom is 0.419 e. The SMILES string of the molecule is O=C(c1ccc(C(F)(F)F)c(F)c1)c1cncs1. The molecule has 0 N–H and O–H groups in total. The first-order chi connectivity index (χ1) is 8.39. The molecule has 0 aliphatic carbocycles. The van der Waals surface area contributed by atoms with Crippen molar-refractivity contribution in [3.8, 4) is 0 Å². The summed E-state index contributed by atoms with van der Waals surface area (Å²) in [6, 6.07) is 2.10. The van der Waals surface area contributed by atoms with Gasteiger partial charge in [0.25, 0.3) is 0 Å². The number of ketones is 1. The molecule has 1 aromatic carbocycles. The summed E-state index contributed by atoms with van der Waals surface area (Å²) in [6.45, 7) is 0. The van der Waals surface area contributed by atoms with Crippen LogP contribution in [-0.4, -0.2) is 10.8 Å². The summed E-state index contributed by atoms with van der Waals surface area (Å²) in [4.78, 5) is 15.7. The maximum absolute atomic E-state index is 13.3. The van der Waals surface area contributed by atoms with Crippen molar-refractivity contribution in [3.05, 3.63) is 51.7 Å². The topological polar surface area (TPSA) is 30.0 Å². The predicted octanol–water partition coefficient (Wildman–Crippen LogP) is 3.53. The van der Waals surface area contributed by atoms with Crippen molar-refractivity contribution < 1.29 is 22.4 Å². The third kappa shape index (κ3) is 2.40. The molecule has 0 radical (unpaired) electrons. The first kappa shape index (κ1) is 12.7. The normalized spacial score (nSPS) is 11.6. The fourth-order valence-electron chi connectivity index (χ4n) is 1.36. The zero-order chi connectivity index (χ0) is 13.3. The van der Waals surface area contributed by atoms with Crippen molar-refractivity contribution in [2.75, 3.05) is 0 Å². The van der Waals surface area contributed by atoms with Crippen molar-refractivity contribution in [3.63, 3.8) is 0 Å². The molecule has 1 aromatic heterocycles. The molecule has 2 nitrogen and oxygen atoms in total. The first-order valence-corrected chi connectivity index (χ1v) is 5.57. The second-order valence-corrected chi connectivity index (χ2v) is 4.27. The Morgan fingerprint density at radius 3 is 2.50 bits per heavy atom. The summed E-state index contributed by atoms with van der Waals surface area (Å²) < 4.78 is 50.2. The minimum atomic E-state index is -4.77. The third-order valence-corrected chi connectivity index (χ3v) is 2.96. The Labute approximate surface area is 103 Å². The molecule has 0 bridgehead atoms. The van der Waals surface area contributed by atoms with E-state index in [1.54, 1.807) is 0 Å². The molecule has 0 saturated carbocycles. The van der Waals surface area contributed by atoms with E-state index in [1.807, 2.05) is 0 Å². The van der Waals surface area contributed by atoms with Crippen molar-refractivity contribution in [2.45, 2.75) is 6.18 Å². The number of aromatic nitrogens is 1. The standard InChI is InChI=1S/C11H5F4NOS/c12-8-3-6(1-2-7(8)11(13,14)15)10(17)9-4-16-5-18-9/h1-5H. The molecule has 7 heteroatoms. The van der Waals surface area contributed by atoms with Gasteiger partial charge in [-0.25, -0.2) is 4.39 Å².